The maximum Gasteiger partial charge on any atom is 0.318 e. The van der Waals surface area contributed by atoms with Gasteiger partial charge in [-0.25, -0.2) is 9.78 Å². The molecule has 2 amide bonds. The summed E-state index contributed by atoms with van der Waals surface area (Å²) < 4.78 is 11.1. The molecule has 0 spiro atoms. The Morgan fingerprint density at radius 1 is 1.27 bits per heavy atom. The van der Waals surface area contributed by atoms with Gasteiger partial charge in [0.25, 0.3) is 0 Å². The topological polar surface area (TPSA) is 70.8 Å². The van der Waals surface area contributed by atoms with E-state index in [1.165, 1.54) is 0 Å². The Bertz CT molecular complexity index is 782. The zero-order valence-corrected chi connectivity index (χ0v) is 18.4. The molecule has 1 aliphatic heterocycles. The third kappa shape index (κ3) is 6.76. The van der Waals surface area contributed by atoms with Gasteiger partial charge in [-0.05, 0) is 57.1 Å². The normalized spacial score (nSPS) is 15.2. The highest BCUT2D eigenvalue weighted by molar-refractivity contribution is 5.74. The lowest BCUT2D eigenvalue weighted by molar-refractivity contribution is 0.175. The third-order valence-corrected chi connectivity index (χ3v) is 5.42. The summed E-state index contributed by atoms with van der Waals surface area (Å²) in [6.07, 6.45) is 5.73. The lowest BCUT2D eigenvalue weighted by atomic mass is 10.1. The number of rotatable bonds is 9. The second-order valence-corrected chi connectivity index (χ2v) is 8.09. The number of aromatic nitrogens is 1. The number of carbonyl (C=O) groups excluding carboxylic acids is 1. The second-order valence-electron chi connectivity index (χ2n) is 8.09. The van der Waals surface area contributed by atoms with Crippen molar-refractivity contribution in [1.29, 1.82) is 0 Å². The fourth-order valence-corrected chi connectivity index (χ4v) is 3.54. The minimum atomic E-state index is -0.0616. The number of oxazole rings is 1. The molecule has 0 bridgehead atoms. The molecule has 1 aliphatic rings. The van der Waals surface area contributed by atoms with Crippen LogP contribution in [0, 0.1) is 6.92 Å². The molecule has 1 N–H and O–H groups in total. The first kappa shape index (κ1) is 22.2. The van der Waals surface area contributed by atoms with Crippen LogP contribution in [0.4, 0.5) is 4.79 Å². The van der Waals surface area contributed by atoms with E-state index >= 15 is 0 Å². The number of unbranched alkanes of at least 4 members (excludes halogenated alkanes) is 1. The van der Waals surface area contributed by atoms with Crippen LogP contribution >= 0.6 is 0 Å². The maximum absolute atomic E-state index is 13.1. The Labute approximate surface area is 179 Å². The lowest BCUT2D eigenvalue weighted by Gasteiger charge is -2.31. The van der Waals surface area contributed by atoms with E-state index in [9.17, 15) is 4.79 Å². The first-order valence-electron chi connectivity index (χ1n) is 10.9. The standard InChI is InChI=1S/C23H34N4O3/c1-4-5-14-29-22-8-6-19(7-9-22)15-27(16-21-17-30-18(2)24-21)23(28)25-20-10-12-26(3)13-11-20/h6-9,17,20H,4-5,10-16H2,1-3H3,(H,25,28). The largest absolute Gasteiger partial charge is 0.494 e. The average Bonchev–Trinajstić information content (AvgIpc) is 3.15. The van der Waals surface area contributed by atoms with Crippen LogP contribution in [0.1, 0.15) is 49.8 Å². The van der Waals surface area contributed by atoms with Crippen LogP contribution in [0.25, 0.3) is 0 Å². The van der Waals surface area contributed by atoms with Gasteiger partial charge in [-0.1, -0.05) is 25.5 Å². The van der Waals surface area contributed by atoms with Crippen molar-refractivity contribution in [3.05, 3.63) is 47.7 Å². The fourth-order valence-electron chi connectivity index (χ4n) is 3.54. The van der Waals surface area contributed by atoms with Crippen LogP contribution in [0.2, 0.25) is 0 Å². The van der Waals surface area contributed by atoms with Gasteiger partial charge in [0.1, 0.15) is 12.0 Å². The molecule has 0 unspecified atom stereocenters. The van der Waals surface area contributed by atoms with Gasteiger partial charge in [0.2, 0.25) is 0 Å². The third-order valence-electron chi connectivity index (χ3n) is 5.42. The van der Waals surface area contributed by atoms with Crippen LogP contribution < -0.4 is 10.1 Å². The van der Waals surface area contributed by atoms with Crippen molar-refractivity contribution in [2.24, 2.45) is 0 Å². The summed E-state index contributed by atoms with van der Waals surface area (Å²) in [5, 5.41) is 3.21. The van der Waals surface area contributed by atoms with E-state index in [-0.39, 0.29) is 12.1 Å². The van der Waals surface area contributed by atoms with Gasteiger partial charge >= 0.3 is 6.03 Å². The number of hydrogen-bond acceptors (Lipinski definition) is 5. The first-order chi connectivity index (χ1) is 14.5. The summed E-state index contributed by atoms with van der Waals surface area (Å²) in [6, 6.07) is 8.13. The van der Waals surface area contributed by atoms with Gasteiger partial charge in [0.15, 0.2) is 5.89 Å². The number of amides is 2. The number of nitrogens with one attached hydrogen (secondary N) is 1. The van der Waals surface area contributed by atoms with E-state index < -0.39 is 0 Å². The molecule has 0 atom stereocenters. The highest BCUT2D eigenvalue weighted by Gasteiger charge is 2.22. The maximum atomic E-state index is 13.1. The van der Waals surface area contributed by atoms with Gasteiger partial charge < -0.3 is 24.3 Å². The Morgan fingerprint density at radius 3 is 2.63 bits per heavy atom. The van der Waals surface area contributed by atoms with E-state index in [0.29, 0.717) is 19.0 Å². The van der Waals surface area contributed by atoms with Crippen molar-refractivity contribution in [2.75, 3.05) is 26.7 Å². The summed E-state index contributed by atoms with van der Waals surface area (Å²) >= 11 is 0. The van der Waals surface area contributed by atoms with Crippen molar-refractivity contribution in [3.8, 4) is 5.75 Å². The van der Waals surface area contributed by atoms with Crippen LogP contribution in [0.3, 0.4) is 0 Å². The average molecular weight is 415 g/mol. The Kier molecular flexibility index (Phi) is 8.13. The zero-order valence-electron chi connectivity index (χ0n) is 18.4. The number of urea groups is 1. The summed E-state index contributed by atoms with van der Waals surface area (Å²) in [5.74, 6) is 1.47. The van der Waals surface area contributed by atoms with Gasteiger partial charge in [0.05, 0.1) is 18.8 Å². The predicted molar refractivity (Wildman–Crippen MR) is 116 cm³/mol. The summed E-state index contributed by atoms with van der Waals surface area (Å²) in [6.45, 7) is 7.61. The van der Waals surface area contributed by atoms with Crippen LogP contribution in [-0.4, -0.2) is 53.6 Å². The molecular formula is C23H34N4O3. The molecule has 164 valence electrons. The summed E-state index contributed by atoms with van der Waals surface area (Å²) in [5.41, 5.74) is 1.81. The number of ether oxygens (including phenoxy) is 1. The molecule has 7 nitrogen and oxygen atoms in total. The van der Waals surface area contributed by atoms with E-state index in [0.717, 1.165) is 62.4 Å². The fraction of sp³-hybridized carbons (Fsp3) is 0.565. The smallest absolute Gasteiger partial charge is 0.318 e. The van der Waals surface area contributed by atoms with E-state index in [4.69, 9.17) is 9.15 Å². The Hall–Kier alpha value is -2.54. The van der Waals surface area contributed by atoms with Crippen LogP contribution in [-0.2, 0) is 13.1 Å². The number of nitrogens with zero attached hydrogens (tertiary/aromatic N) is 3. The molecule has 7 heteroatoms. The number of likely N-dealkylation sites (tertiary alicyclic amines) is 1. The Morgan fingerprint density at radius 2 is 2.00 bits per heavy atom. The minimum Gasteiger partial charge on any atom is -0.494 e. The highest BCUT2D eigenvalue weighted by atomic mass is 16.5. The van der Waals surface area contributed by atoms with Crippen molar-refractivity contribution >= 4 is 6.03 Å². The van der Waals surface area contributed by atoms with Crippen LogP contribution in [0.5, 0.6) is 5.75 Å². The number of aryl methyl sites for hydroxylation is 1. The van der Waals surface area contributed by atoms with Gasteiger partial charge in [-0.15, -0.1) is 0 Å². The molecule has 0 aliphatic carbocycles. The van der Waals surface area contributed by atoms with Crippen molar-refractivity contribution in [2.45, 2.75) is 58.7 Å². The van der Waals surface area contributed by atoms with Crippen molar-refractivity contribution in [3.63, 3.8) is 0 Å². The second kappa shape index (κ2) is 11.0. The molecule has 2 aromatic rings. The van der Waals surface area contributed by atoms with Crippen LogP contribution in [0.15, 0.2) is 34.9 Å². The van der Waals surface area contributed by atoms with Gasteiger partial charge in [0, 0.05) is 19.5 Å². The van der Waals surface area contributed by atoms with Crippen molar-refractivity contribution < 1.29 is 13.9 Å². The monoisotopic (exact) mass is 414 g/mol. The van der Waals surface area contributed by atoms with E-state index in [2.05, 4.69) is 29.2 Å². The summed E-state index contributed by atoms with van der Waals surface area (Å²) in [7, 11) is 2.12. The molecule has 2 heterocycles. The SMILES string of the molecule is CCCCOc1ccc(CN(Cc2coc(C)n2)C(=O)NC2CCN(C)CC2)cc1. The van der Waals surface area contributed by atoms with Gasteiger partial charge in [-0.2, -0.15) is 0 Å². The van der Waals surface area contributed by atoms with Crippen molar-refractivity contribution in [1.82, 2.24) is 20.1 Å². The molecule has 30 heavy (non-hydrogen) atoms. The summed E-state index contributed by atoms with van der Waals surface area (Å²) in [4.78, 5) is 21.5. The quantitative estimate of drug-likeness (QED) is 0.629. The number of hydrogen-bond donors (Lipinski definition) is 1. The van der Waals surface area contributed by atoms with E-state index in [1.54, 1.807) is 11.2 Å². The molecule has 1 aromatic carbocycles. The van der Waals surface area contributed by atoms with Gasteiger partial charge in [-0.3, -0.25) is 0 Å². The molecule has 0 radical (unpaired) electrons. The number of carbonyl (C=O) groups is 1. The number of piperidine rings is 1. The number of benzene rings is 1. The molecular weight excluding hydrogens is 380 g/mol. The predicted octanol–water partition coefficient (Wildman–Crippen LogP) is 3.97. The molecule has 1 aromatic heterocycles. The Balaban J connectivity index is 1.63. The molecule has 3 rings (SSSR count). The molecule has 1 saturated heterocycles. The van der Waals surface area contributed by atoms with E-state index in [1.807, 2.05) is 31.2 Å². The molecule has 1 fully saturated rings. The minimum absolute atomic E-state index is 0.0616. The zero-order chi connectivity index (χ0) is 21.3. The molecule has 0 saturated carbocycles. The first-order valence-corrected chi connectivity index (χ1v) is 10.9. The lowest BCUT2D eigenvalue weighted by Crippen LogP contribution is -2.48. The highest BCUT2D eigenvalue weighted by Crippen LogP contribution is 2.17.